The zero-order chi connectivity index (χ0) is 15.2. The van der Waals surface area contributed by atoms with E-state index in [9.17, 15) is 9.18 Å². The van der Waals surface area contributed by atoms with Gasteiger partial charge in [0, 0.05) is 25.3 Å². The second-order valence-corrected chi connectivity index (χ2v) is 6.75. The van der Waals surface area contributed by atoms with Gasteiger partial charge in [0.2, 0.25) is 0 Å². The molecule has 3 rings (SSSR count). The SMILES string of the molecule is CC(C)(C)OC(=O)N1CCN2c3ccc(F)cc3CC2C1. The van der Waals surface area contributed by atoms with Crippen LogP contribution in [0.25, 0.3) is 0 Å². The van der Waals surface area contributed by atoms with E-state index in [4.69, 9.17) is 4.74 Å². The number of anilines is 1. The van der Waals surface area contributed by atoms with E-state index in [1.165, 1.54) is 6.07 Å². The Morgan fingerprint density at radius 1 is 1.33 bits per heavy atom. The number of fused-ring (bicyclic) bond motifs is 3. The number of piperazine rings is 1. The fourth-order valence-corrected chi connectivity index (χ4v) is 3.09. The van der Waals surface area contributed by atoms with Crippen molar-refractivity contribution in [2.75, 3.05) is 24.5 Å². The largest absolute Gasteiger partial charge is 0.444 e. The number of benzene rings is 1. The number of carbonyl (C=O) groups excluding carboxylic acids is 1. The lowest BCUT2D eigenvalue weighted by atomic mass is 10.1. The van der Waals surface area contributed by atoms with E-state index >= 15 is 0 Å². The summed E-state index contributed by atoms with van der Waals surface area (Å²) < 4.78 is 18.8. The molecule has 1 atom stereocenters. The van der Waals surface area contributed by atoms with E-state index in [1.807, 2.05) is 26.8 Å². The van der Waals surface area contributed by atoms with Crippen LogP contribution in [0.15, 0.2) is 18.2 Å². The highest BCUT2D eigenvalue weighted by atomic mass is 19.1. The summed E-state index contributed by atoms with van der Waals surface area (Å²) in [7, 11) is 0. The second-order valence-electron chi connectivity index (χ2n) is 6.75. The van der Waals surface area contributed by atoms with E-state index in [-0.39, 0.29) is 18.0 Å². The third-order valence-corrected chi connectivity index (χ3v) is 3.94. The lowest BCUT2D eigenvalue weighted by Crippen LogP contribution is -2.54. The molecule has 2 heterocycles. The first-order valence-electron chi connectivity index (χ1n) is 7.36. The molecule has 4 nitrogen and oxygen atoms in total. The molecule has 21 heavy (non-hydrogen) atoms. The molecule has 0 aromatic heterocycles. The Labute approximate surface area is 124 Å². The van der Waals surface area contributed by atoms with Gasteiger partial charge in [0.25, 0.3) is 0 Å². The van der Waals surface area contributed by atoms with Gasteiger partial charge >= 0.3 is 6.09 Å². The number of nitrogens with zero attached hydrogens (tertiary/aromatic N) is 2. The molecule has 1 fully saturated rings. The fourth-order valence-electron chi connectivity index (χ4n) is 3.09. The van der Waals surface area contributed by atoms with Gasteiger partial charge in [-0.2, -0.15) is 0 Å². The van der Waals surface area contributed by atoms with Gasteiger partial charge in [-0.05, 0) is 51.0 Å². The van der Waals surface area contributed by atoms with Crippen LogP contribution in [0, 0.1) is 5.82 Å². The molecule has 1 saturated heterocycles. The molecular weight excluding hydrogens is 271 g/mol. The summed E-state index contributed by atoms with van der Waals surface area (Å²) >= 11 is 0. The molecule has 0 bridgehead atoms. The molecular formula is C16H21FN2O2. The molecule has 114 valence electrons. The van der Waals surface area contributed by atoms with Crippen molar-refractivity contribution in [2.45, 2.75) is 38.8 Å². The van der Waals surface area contributed by atoms with Crippen molar-refractivity contribution in [1.29, 1.82) is 0 Å². The lowest BCUT2D eigenvalue weighted by molar-refractivity contribution is 0.0217. The molecule has 1 amide bonds. The number of ether oxygens (including phenoxy) is 1. The van der Waals surface area contributed by atoms with Gasteiger partial charge in [-0.25, -0.2) is 9.18 Å². The van der Waals surface area contributed by atoms with Crippen LogP contribution in [-0.4, -0.2) is 42.3 Å². The van der Waals surface area contributed by atoms with Crippen LogP contribution in [0.5, 0.6) is 0 Å². The molecule has 0 saturated carbocycles. The Morgan fingerprint density at radius 2 is 2.10 bits per heavy atom. The summed E-state index contributed by atoms with van der Waals surface area (Å²) in [6, 6.07) is 5.17. The maximum Gasteiger partial charge on any atom is 0.410 e. The third kappa shape index (κ3) is 2.82. The summed E-state index contributed by atoms with van der Waals surface area (Å²) in [5, 5.41) is 0. The number of halogens is 1. The van der Waals surface area contributed by atoms with Crippen LogP contribution in [0.2, 0.25) is 0 Å². The summed E-state index contributed by atoms with van der Waals surface area (Å²) in [6.45, 7) is 7.65. The van der Waals surface area contributed by atoms with Crippen LogP contribution < -0.4 is 4.90 Å². The monoisotopic (exact) mass is 292 g/mol. The Morgan fingerprint density at radius 3 is 2.81 bits per heavy atom. The first-order chi connectivity index (χ1) is 9.83. The maximum atomic E-state index is 13.3. The van der Waals surface area contributed by atoms with Gasteiger partial charge in [-0.1, -0.05) is 0 Å². The highest BCUT2D eigenvalue weighted by Crippen LogP contribution is 2.34. The first kappa shape index (κ1) is 14.2. The number of carbonyl (C=O) groups is 1. The quantitative estimate of drug-likeness (QED) is 0.737. The average Bonchev–Trinajstić information content (AvgIpc) is 2.72. The first-order valence-corrected chi connectivity index (χ1v) is 7.36. The molecule has 1 unspecified atom stereocenters. The summed E-state index contributed by atoms with van der Waals surface area (Å²) in [5.41, 5.74) is 1.66. The number of hydrogen-bond donors (Lipinski definition) is 0. The lowest BCUT2D eigenvalue weighted by Gasteiger charge is -2.39. The van der Waals surface area contributed by atoms with Crippen molar-refractivity contribution in [2.24, 2.45) is 0 Å². The minimum Gasteiger partial charge on any atom is -0.444 e. The number of amides is 1. The smallest absolute Gasteiger partial charge is 0.410 e. The van der Waals surface area contributed by atoms with E-state index < -0.39 is 5.60 Å². The van der Waals surface area contributed by atoms with Gasteiger partial charge in [-0.15, -0.1) is 0 Å². The Balaban J connectivity index is 1.70. The van der Waals surface area contributed by atoms with E-state index in [2.05, 4.69) is 4.90 Å². The highest BCUT2D eigenvalue weighted by molar-refractivity contribution is 5.69. The zero-order valence-electron chi connectivity index (χ0n) is 12.7. The zero-order valence-corrected chi connectivity index (χ0v) is 12.7. The summed E-state index contributed by atoms with van der Waals surface area (Å²) in [6.07, 6.45) is 0.524. The van der Waals surface area contributed by atoms with Crippen LogP contribution >= 0.6 is 0 Å². The van der Waals surface area contributed by atoms with Crippen molar-refractivity contribution < 1.29 is 13.9 Å². The molecule has 5 heteroatoms. The molecule has 0 aliphatic carbocycles. The minimum absolute atomic E-state index is 0.197. The maximum absolute atomic E-state index is 13.3. The molecule has 1 aromatic rings. The molecule has 0 radical (unpaired) electrons. The molecule has 2 aliphatic heterocycles. The second kappa shape index (κ2) is 4.90. The van der Waals surface area contributed by atoms with Crippen LogP contribution in [0.1, 0.15) is 26.3 Å². The number of rotatable bonds is 0. The van der Waals surface area contributed by atoms with Crippen LogP contribution in [0.4, 0.5) is 14.9 Å². The van der Waals surface area contributed by atoms with Gasteiger partial charge in [0.15, 0.2) is 0 Å². The van der Waals surface area contributed by atoms with Crippen molar-refractivity contribution >= 4 is 11.8 Å². The molecule has 0 N–H and O–H groups in total. The van der Waals surface area contributed by atoms with Crippen molar-refractivity contribution in [3.05, 3.63) is 29.6 Å². The van der Waals surface area contributed by atoms with Gasteiger partial charge in [0.1, 0.15) is 11.4 Å². The number of hydrogen-bond acceptors (Lipinski definition) is 3. The summed E-state index contributed by atoms with van der Waals surface area (Å²) in [5.74, 6) is -0.197. The normalized spacial score (nSPS) is 21.0. The van der Waals surface area contributed by atoms with Crippen LogP contribution in [-0.2, 0) is 11.2 Å². The fraction of sp³-hybridized carbons (Fsp3) is 0.562. The predicted octanol–water partition coefficient (Wildman–Crippen LogP) is 2.81. The van der Waals surface area contributed by atoms with Gasteiger partial charge in [-0.3, -0.25) is 0 Å². The van der Waals surface area contributed by atoms with Crippen molar-refractivity contribution in [3.63, 3.8) is 0 Å². The van der Waals surface area contributed by atoms with Gasteiger partial charge < -0.3 is 14.5 Å². The third-order valence-electron chi connectivity index (χ3n) is 3.94. The highest BCUT2D eigenvalue weighted by Gasteiger charge is 2.36. The standard InChI is InChI=1S/C16H21FN2O2/c1-16(2,3)21-15(20)18-6-7-19-13(10-18)9-11-8-12(17)4-5-14(11)19/h4-5,8,13H,6-7,9-10H2,1-3H3. The van der Waals surface area contributed by atoms with Crippen LogP contribution in [0.3, 0.4) is 0 Å². The average molecular weight is 292 g/mol. The predicted molar refractivity (Wildman–Crippen MR) is 79.0 cm³/mol. The van der Waals surface area contributed by atoms with E-state index in [0.717, 1.165) is 24.2 Å². The minimum atomic E-state index is -0.476. The van der Waals surface area contributed by atoms with Gasteiger partial charge in [0.05, 0.1) is 6.04 Å². The topological polar surface area (TPSA) is 32.8 Å². The molecule has 0 spiro atoms. The van der Waals surface area contributed by atoms with Crippen molar-refractivity contribution in [1.82, 2.24) is 4.90 Å². The Hall–Kier alpha value is -1.78. The van der Waals surface area contributed by atoms with E-state index in [1.54, 1.807) is 11.0 Å². The van der Waals surface area contributed by atoms with E-state index in [0.29, 0.717) is 13.1 Å². The summed E-state index contributed by atoms with van der Waals surface area (Å²) in [4.78, 5) is 16.2. The Bertz CT molecular complexity index is 568. The molecule has 2 aliphatic rings. The molecule has 1 aromatic carbocycles. The Kier molecular flexibility index (Phi) is 3.30. The van der Waals surface area contributed by atoms with Crippen molar-refractivity contribution in [3.8, 4) is 0 Å².